The number of hydrogen-bond acceptors (Lipinski definition) is 3. The fraction of sp³-hybridized carbons (Fsp3) is 0.600. The molecule has 2 aromatic rings. The zero-order chi connectivity index (χ0) is 19.3. The van der Waals surface area contributed by atoms with Gasteiger partial charge in [0.15, 0.2) is 5.96 Å². The van der Waals surface area contributed by atoms with Crippen molar-refractivity contribution in [3.05, 3.63) is 39.3 Å². The van der Waals surface area contributed by atoms with Gasteiger partial charge in [-0.15, -0.1) is 11.3 Å². The second kappa shape index (κ2) is 8.71. The van der Waals surface area contributed by atoms with E-state index < -0.39 is 0 Å². The molecule has 6 heteroatoms. The van der Waals surface area contributed by atoms with Gasteiger partial charge in [-0.2, -0.15) is 5.10 Å². The lowest BCUT2D eigenvalue weighted by molar-refractivity contribution is 0.545. The first-order valence-electron chi connectivity index (χ1n) is 9.32. The number of nitrogens with zero attached hydrogens (tertiary/aromatic N) is 3. The molecule has 0 amide bonds. The van der Waals surface area contributed by atoms with Gasteiger partial charge in [-0.05, 0) is 51.1 Å². The van der Waals surface area contributed by atoms with Crippen molar-refractivity contribution in [1.29, 1.82) is 0 Å². The summed E-state index contributed by atoms with van der Waals surface area (Å²) in [6, 6.07) is 4.58. The number of rotatable bonds is 7. The second-order valence-electron chi connectivity index (χ2n) is 7.58. The van der Waals surface area contributed by atoms with Crippen LogP contribution >= 0.6 is 11.3 Å². The summed E-state index contributed by atoms with van der Waals surface area (Å²) in [7, 11) is 2.00. The molecular formula is C20H33N5S. The maximum absolute atomic E-state index is 4.85. The predicted octanol–water partition coefficient (Wildman–Crippen LogP) is 3.56. The molecule has 26 heavy (non-hydrogen) atoms. The maximum atomic E-state index is 4.85. The van der Waals surface area contributed by atoms with Crippen LogP contribution in [0.1, 0.15) is 49.5 Å². The smallest absolute Gasteiger partial charge is 0.191 e. The number of aryl methyl sites for hydroxylation is 2. The molecule has 0 aromatic carbocycles. The van der Waals surface area contributed by atoms with Crippen molar-refractivity contribution < 1.29 is 0 Å². The molecule has 0 bridgehead atoms. The number of aliphatic imine (C=N–C) groups is 1. The molecule has 0 radical (unpaired) electrons. The predicted molar refractivity (Wildman–Crippen MR) is 112 cm³/mol. The first-order valence-corrected chi connectivity index (χ1v) is 10.2. The first-order chi connectivity index (χ1) is 12.2. The second-order valence-corrected chi connectivity index (χ2v) is 8.53. The SMILES string of the molecule is CCNC(=NCC(C)(C)c1cccs1)NC(C)Cc1c(C)nn(C)c1C. The zero-order valence-corrected chi connectivity index (χ0v) is 18.0. The van der Waals surface area contributed by atoms with Crippen molar-refractivity contribution in [3.63, 3.8) is 0 Å². The minimum absolute atomic E-state index is 0.0380. The van der Waals surface area contributed by atoms with Crippen LogP contribution in [0, 0.1) is 13.8 Å². The van der Waals surface area contributed by atoms with Gasteiger partial charge in [0, 0.05) is 35.6 Å². The van der Waals surface area contributed by atoms with Crippen molar-refractivity contribution >= 4 is 17.3 Å². The molecule has 1 unspecified atom stereocenters. The normalized spacial score (nSPS) is 13.7. The highest BCUT2D eigenvalue weighted by atomic mass is 32.1. The topological polar surface area (TPSA) is 54.2 Å². The molecule has 1 atom stereocenters. The number of aromatic nitrogens is 2. The van der Waals surface area contributed by atoms with Crippen LogP contribution in [0.3, 0.4) is 0 Å². The van der Waals surface area contributed by atoms with Crippen LogP contribution in [0.25, 0.3) is 0 Å². The van der Waals surface area contributed by atoms with Crippen LogP contribution in [0.5, 0.6) is 0 Å². The van der Waals surface area contributed by atoms with E-state index in [-0.39, 0.29) is 11.5 Å². The van der Waals surface area contributed by atoms with Gasteiger partial charge in [0.1, 0.15) is 0 Å². The molecule has 2 rings (SSSR count). The Labute approximate surface area is 161 Å². The minimum atomic E-state index is 0.0380. The third-order valence-corrected chi connectivity index (χ3v) is 5.95. The molecule has 2 heterocycles. The van der Waals surface area contributed by atoms with Gasteiger partial charge < -0.3 is 10.6 Å². The molecular weight excluding hydrogens is 342 g/mol. The van der Waals surface area contributed by atoms with Crippen molar-refractivity contribution in [1.82, 2.24) is 20.4 Å². The lowest BCUT2D eigenvalue weighted by Gasteiger charge is -2.23. The van der Waals surface area contributed by atoms with Gasteiger partial charge in [-0.1, -0.05) is 19.9 Å². The van der Waals surface area contributed by atoms with Crippen molar-refractivity contribution in [2.24, 2.45) is 12.0 Å². The van der Waals surface area contributed by atoms with Gasteiger partial charge in [-0.3, -0.25) is 9.67 Å². The van der Waals surface area contributed by atoms with E-state index in [1.807, 2.05) is 11.7 Å². The third kappa shape index (κ3) is 5.10. The number of hydrogen-bond donors (Lipinski definition) is 2. The van der Waals surface area contributed by atoms with E-state index >= 15 is 0 Å². The Hall–Kier alpha value is -1.82. The van der Waals surface area contributed by atoms with E-state index in [0.717, 1.165) is 31.2 Å². The molecule has 144 valence electrons. The van der Waals surface area contributed by atoms with E-state index in [1.165, 1.54) is 16.1 Å². The molecule has 0 aliphatic rings. The van der Waals surface area contributed by atoms with Crippen LogP contribution in [0.2, 0.25) is 0 Å². The van der Waals surface area contributed by atoms with Crippen molar-refractivity contribution in [2.45, 2.75) is 59.4 Å². The van der Waals surface area contributed by atoms with E-state index in [0.29, 0.717) is 0 Å². The van der Waals surface area contributed by atoms with Crippen molar-refractivity contribution in [3.8, 4) is 0 Å². The quantitative estimate of drug-likeness (QED) is 0.575. The van der Waals surface area contributed by atoms with Gasteiger partial charge >= 0.3 is 0 Å². The van der Waals surface area contributed by atoms with E-state index in [1.54, 1.807) is 11.3 Å². The zero-order valence-electron chi connectivity index (χ0n) is 17.2. The van der Waals surface area contributed by atoms with Gasteiger partial charge in [-0.25, -0.2) is 0 Å². The molecule has 0 aliphatic carbocycles. The molecule has 5 nitrogen and oxygen atoms in total. The Balaban J connectivity index is 2.04. The van der Waals surface area contributed by atoms with Crippen LogP contribution in [0.4, 0.5) is 0 Å². The highest BCUT2D eigenvalue weighted by Gasteiger charge is 2.22. The summed E-state index contributed by atoms with van der Waals surface area (Å²) in [5.41, 5.74) is 3.70. The Bertz CT molecular complexity index is 728. The van der Waals surface area contributed by atoms with Crippen molar-refractivity contribution in [2.75, 3.05) is 13.1 Å². The summed E-state index contributed by atoms with van der Waals surface area (Å²) in [4.78, 5) is 6.22. The first kappa shape index (κ1) is 20.5. The van der Waals surface area contributed by atoms with E-state index in [4.69, 9.17) is 4.99 Å². The average Bonchev–Trinajstić information content (AvgIpc) is 3.19. The Kier molecular flexibility index (Phi) is 6.87. The standard InChI is InChI=1S/C20H33N5S/c1-8-21-19(22-13-20(5,6)18-10-9-11-26-18)23-14(2)12-17-15(3)24-25(7)16(17)4/h9-11,14H,8,12-13H2,1-7H3,(H2,21,22,23). The lowest BCUT2D eigenvalue weighted by Crippen LogP contribution is -2.43. The Morgan fingerprint density at radius 2 is 2.12 bits per heavy atom. The van der Waals surface area contributed by atoms with Gasteiger partial charge in [0.2, 0.25) is 0 Å². The summed E-state index contributed by atoms with van der Waals surface area (Å²) >= 11 is 1.80. The summed E-state index contributed by atoms with van der Waals surface area (Å²) in [5, 5.41) is 13.6. The monoisotopic (exact) mass is 375 g/mol. The van der Waals surface area contributed by atoms with Crippen LogP contribution in [-0.4, -0.2) is 34.9 Å². The lowest BCUT2D eigenvalue weighted by atomic mass is 9.92. The van der Waals surface area contributed by atoms with Crippen LogP contribution in [0.15, 0.2) is 22.5 Å². The Morgan fingerprint density at radius 3 is 2.65 bits per heavy atom. The summed E-state index contributed by atoms with van der Waals surface area (Å²) in [6.07, 6.45) is 0.935. The third-order valence-electron chi connectivity index (χ3n) is 4.72. The molecule has 0 saturated carbocycles. The van der Waals surface area contributed by atoms with Crippen LogP contribution in [-0.2, 0) is 18.9 Å². The molecule has 0 fully saturated rings. The summed E-state index contributed by atoms with van der Waals surface area (Å²) < 4.78 is 1.96. The fourth-order valence-electron chi connectivity index (χ4n) is 3.04. The largest absolute Gasteiger partial charge is 0.357 e. The molecule has 2 aromatic heterocycles. The summed E-state index contributed by atoms with van der Waals surface area (Å²) in [5.74, 6) is 0.879. The van der Waals surface area contributed by atoms with Crippen LogP contribution < -0.4 is 10.6 Å². The fourth-order valence-corrected chi connectivity index (χ4v) is 3.89. The van der Waals surface area contributed by atoms with E-state index in [9.17, 15) is 0 Å². The highest BCUT2D eigenvalue weighted by Crippen LogP contribution is 2.27. The number of nitrogens with one attached hydrogen (secondary N) is 2. The number of thiophene rings is 1. The molecule has 0 spiro atoms. The molecule has 2 N–H and O–H groups in total. The number of guanidine groups is 1. The maximum Gasteiger partial charge on any atom is 0.191 e. The van der Waals surface area contributed by atoms with Gasteiger partial charge in [0.05, 0.1) is 12.2 Å². The van der Waals surface area contributed by atoms with Gasteiger partial charge in [0.25, 0.3) is 0 Å². The molecule has 0 aliphatic heterocycles. The van der Waals surface area contributed by atoms with E-state index in [2.05, 4.69) is 74.8 Å². The molecule has 0 saturated heterocycles. The average molecular weight is 376 g/mol. The summed E-state index contributed by atoms with van der Waals surface area (Å²) in [6.45, 7) is 14.6. The minimum Gasteiger partial charge on any atom is -0.357 e. The highest BCUT2D eigenvalue weighted by molar-refractivity contribution is 7.10. The Morgan fingerprint density at radius 1 is 1.38 bits per heavy atom.